The molecule has 2 heterocycles. The average molecular weight is 374 g/mol. The zero-order valence-electron chi connectivity index (χ0n) is 14.6. The second-order valence-corrected chi connectivity index (χ2v) is 6.26. The van der Waals surface area contributed by atoms with Crippen LogP contribution in [0.5, 0.6) is 5.75 Å². The predicted molar refractivity (Wildman–Crippen MR) is 95.4 cm³/mol. The Balaban J connectivity index is 1.81. The van der Waals surface area contributed by atoms with Crippen molar-refractivity contribution in [2.24, 2.45) is 7.05 Å². The van der Waals surface area contributed by atoms with E-state index in [2.05, 4.69) is 5.10 Å². The Bertz CT molecular complexity index is 933. The lowest BCUT2D eigenvalue weighted by atomic mass is 9.88. The van der Waals surface area contributed by atoms with Crippen LogP contribution in [0, 0.1) is 10.1 Å². The summed E-state index contributed by atoms with van der Waals surface area (Å²) < 4.78 is 6.07. The number of carbonyl (C=O) groups is 1. The molecule has 0 radical (unpaired) electrons. The van der Waals surface area contributed by atoms with E-state index in [-0.39, 0.29) is 22.9 Å². The van der Waals surface area contributed by atoms with Gasteiger partial charge in [0, 0.05) is 43.9 Å². The molecule has 10 heteroatoms. The van der Waals surface area contributed by atoms with Crippen molar-refractivity contribution in [3.05, 3.63) is 56.4 Å². The predicted octanol–water partition coefficient (Wildman–Crippen LogP) is 2.13. The van der Waals surface area contributed by atoms with Crippen molar-refractivity contribution in [3.63, 3.8) is 0 Å². The highest BCUT2D eigenvalue weighted by molar-refractivity contribution is 5.63. The zero-order valence-corrected chi connectivity index (χ0v) is 14.6. The zero-order chi connectivity index (χ0) is 19.6. The first-order valence-electron chi connectivity index (χ1n) is 8.33. The molecule has 1 fully saturated rings. The number of anilines is 1. The molecule has 1 aromatic heterocycles. The van der Waals surface area contributed by atoms with Crippen LogP contribution in [0.15, 0.2) is 35.1 Å². The maximum Gasteiger partial charge on any atom is 0.511 e. The number of nitrogens with zero attached hydrogens (tertiary/aromatic N) is 4. The number of nitro benzene ring substituents is 1. The fourth-order valence-electron chi connectivity index (χ4n) is 3.23. The van der Waals surface area contributed by atoms with Crippen molar-refractivity contribution in [2.75, 3.05) is 18.0 Å². The highest BCUT2D eigenvalue weighted by Gasteiger charge is 2.26. The topological polar surface area (TPSA) is 128 Å². The summed E-state index contributed by atoms with van der Waals surface area (Å²) in [5, 5.41) is 24.2. The largest absolute Gasteiger partial charge is 0.511 e. The number of non-ortho nitro benzene ring substituents is 1. The minimum Gasteiger partial charge on any atom is -0.449 e. The molecule has 1 aromatic carbocycles. The Hall–Kier alpha value is -3.43. The lowest BCUT2D eigenvalue weighted by Crippen LogP contribution is -2.35. The van der Waals surface area contributed by atoms with E-state index in [9.17, 15) is 19.7 Å². The van der Waals surface area contributed by atoms with Gasteiger partial charge in [-0.05, 0) is 30.9 Å². The Kier molecular flexibility index (Phi) is 5.06. The Morgan fingerprint density at radius 1 is 1.30 bits per heavy atom. The van der Waals surface area contributed by atoms with Crippen LogP contribution >= 0.6 is 0 Å². The molecule has 0 bridgehead atoms. The molecule has 27 heavy (non-hydrogen) atoms. The first kappa shape index (κ1) is 18.4. The average Bonchev–Trinajstić information content (AvgIpc) is 2.64. The number of hydrogen-bond donors (Lipinski definition) is 1. The molecule has 3 rings (SSSR count). The molecular weight excluding hydrogens is 356 g/mol. The van der Waals surface area contributed by atoms with E-state index in [1.165, 1.54) is 28.9 Å². The van der Waals surface area contributed by atoms with Gasteiger partial charge in [0.2, 0.25) is 0 Å². The van der Waals surface area contributed by atoms with Gasteiger partial charge in [-0.15, -0.1) is 0 Å². The fourth-order valence-corrected chi connectivity index (χ4v) is 3.23. The van der Waals surface area contributed by atoms with Crippen LogP contribution in [0.1, 0.15) is 24.3 Å². The van der Waals surface area contributed by atoms with Gasteiger partial charge >= 0.3 is 6.16 Å². The standard InChI is InChI=1S/C17H18N4O6/c1-19-16(22)5-4-15(18-19)20-8-6-11(7-9-20)13-10-12(21(25)26)2-3-14(13)27-17(23)24/h2-5,10-11H,6-9H2,1H3,(H,23,24). The minimum atomic E-state index is -1.46. The molecule has 1 aliphatic heterocycles. The van der Waals surface area contributed by atoms with E-state index >= 15 is 0 Å². The van der Waals surface area contributed by atoms with E-state index in [1.54, 1.807) is 13.1 Å². The van der Waals surface area contributed by atoms with Gasteiger partial charge in [-0.2, -0.15) is 5.10 Å². The SMILES string of the molecule is Cn1nc(N2CCC(c3cc([N+](=O)[O-])ccc3OC(=O)O)CC2)ccc1=O. The number of benzene rings is 1. The molecule has 10 nitrogen and oxygen atoms in total. The molecule has 0 unspecified atom stereocenters. The third-order valence-electron chi connectivity index (χ3n) is 4.61. The van der Waals surface area contributed by atoms with Crippen LogP contribution in [0.3, 0.4) is 0 Å². The van der Waals surface area contributed by atoms with Crippen LogP contribution in [0.4, 0.5) is 16.3 Å². The molecule has 0 aliphatic carbocycles. The molecule has 0 amide bonds. The van der Waals surface area contributed by atoms with Crippen molar-refractivity contribution in [1.82, 2.24) is 9.78 Å². The molecule has 2 aromatic rings. The maximum absolute atomic E-state index is 11.5. The number of rotatable bonds is 4. The third-order valence-corrected chi connectivity index (χ3v) is 4.61. The lowest BCUT2D eigenvalue weighted by molar-refractivity contribution is -0.385. The van der Waals surface area contributed by atoms with Crippen LogP contribution in [-0.2, 0) is 7.05 Å². The van der Waals surface area contributed by atoms with E-state index in [0.717, 1.165) is 0 Å². The van der Waals surface area contributed by atoms with E-state index in [1.807, 2.05) is 4.90 Å². The summed E-state index contributed by atoms with van der Waals surface area (Å²) >= 11 is 0. The normalized spacial score (nSPS) is 14.8. The van der Waals surface area contributed by atoms with Gasteiger partial charge in [0.25, 0.3) is 11.2 Å². The van der Waals surface area contributed by atoms with Crippen molar-refractivity contribution in [1.29, 1.82) is 0 Å². The molecule has 1 saturated heterocycles. The highest BCUT2D eigenvalue weighted by atomic mass is 16.7. The first-order valence-corrected chi connectivity index (χ1v) is 8.33. The van der Waals surface area contributed by atoms with Crippen molar-refractivity contribution in [3.8, 4) is 5.75 Å². The Labute approximate surface area is 153 Å². The number of carboxylic acid groups (broad SMARTS) is 1. The summed E-state index contributed by atoms with van der Waals surface area (Å²) in [5.74, 6) is 0.714. The van der Waals surface area contributed by atoms with Crippen molar-refractivity contribution < 1.29 is 19.6 Å². The molecule has 1 aliphatic rings. The summed E-state index contributed by atoms with van der Waals surface area (Å²) in [5.41, 5.74) is 0.213. The van der Waals surface area contributed by atoms with Crippen LogP contribution < -0.4 is 15.2 Å². The van der Waals surface area contributed by atoms with Gasteiger partial charge in [-0.3, -0.25) is 14.9 Å². The van der Waals surface area contributed by atoms with Gasteiger partial charge in [-0.1, -0.05) is 0 Å². The minimum absolute atomic E-state index is 0.0805. The Morgan fingerprint density at radius 3 is 2.59 bits per heavy atom. The second-order valence-electron chi connectivity index (χ2n) is 6.26. The third kappa shape index (κ3) is 4.05. The van der Waals surface area contributed by atoms with E-state index in [4.69, 9.17) is 9.84 Å². The second kappa shape index (κ2) is 7.44. The van der Waals surface area contributed by atoms with Crippen LogP contribution in [-0.4, -0.2) is 39.1 Å². The van der Waals surface area contributed by atoms with Gasteiger partial charge in [-0.25, -0.2) is 9.48 Å². The maximum atomic E-state index is 11.5. The number of aryl methyl sites for hydroxylation is 1. The summed E-state index contributed by atoms with van der Waals surface area (Å²) in [7, 11) is 1.58. The van der Waals surface area contributed by atoms with Crippen molar-refractivity contribution in [2.45, 2.75) is 18.8 Å². The van der Waals surface area contributed by atoms with Gasteiger partial charge in [0.15, 0.2) is 0 Å². The smallest absolute Gasteiger partial charge is 0.449 e. The number of hydrogen-bond acceptors (Lipinski definition) is 7. The molecular formula is C17H18N4O6. The first-order chi connectivity index (χ1) is 12.8. The molecule has 0 saturated carbocycles. The number of piperidine rings is 1. The molecule has 0 spiro atoms. The quantitative estimate of drug-likeness (QED) is 0.373. The summed E-state index contributed by atoms with van der Waals surface area (Å²) in [6.07, 6.45) is -0.180. The van der Waals surface area contributed by atoms with E-state index in [0.29, 0.717) is 37.3 Å². The van der Waals surface area contributed by atoms with Crippen LogP contribution in [0.25, 0.3) is 0 Å². The lowest BCUT2D eigenvalue weighted by Gasteiger charge is -2.33. The Morgan fingerprint density at radius 2 is 2.00 bits per heavy atom. The van der Waals surface area contributed by atoms with Gasteiger partial charge < -0.3 is 14.7 Å². The molecule has 1 N–H and O–H groups in total. The molecule has 0 atom stereocenters. The van der Waals surface area contributed by atoms with Gasteiger partial charge in [0.1, 0.15) is 11.6 Å². The monoisotopic (exact) mass is 374 g/mol. The number of nitro groups is 1. The summed E-state index contributed by atoms with van der Waals surface area (Å²) in [6.45, 7) is 1.23. The number of ether oxygens (including phenoxy) is 1. The van der Waals surface area contributed by atoms with Gasteiger partial charge in [0.05, 0.1) is 4.92 Å². The number of aromatic nitrogens is 2. The summed E-state index contributed by atoms with van der Waals surface area (Å²) in [4.78, 5) is 35.0. The van der Waals surface area contributed by atoms with E-state index < -0.39 is 11.1 Å². The highest BCUT2D eigenvalue weighted by Crippen LogP contribution is 2.37. The summed E-state index contributed by atoms with van der Waals surface area (Å²) in [6, 6.07) is 7.04. The van der Waals surface area contributed by atoms with Crippen LogP contribution in [0.2, 0.25) is 0 Å². The molecule has 142 valence electrons. The fraction of sp³-hybridized carbons (Fsp3) is 0.353. The van der Waals surface area contributed by atoms with Crippen molar-refractivity contribution >= 4 is 17.7 Å².